The first-order chi connectivity index (χ1) is 9.74. The molecule has 0 radical (unpaired) electrons. The number of fused-ring (bicyclic) bond motifs is 3. The fourth-order valence-corrected chi connectivity index (χ4v) is 3.01. The first-order valence-electron chi connectivity index (χ1n) is 6.87. The van der Waals surface area contributed by atoms with Crippen LogP contribution in [0.15, 0.2) is 30.3 Å². The highest BCUT2D eigenvalue weighted by atomic mass is 16.5. The van der Waals surface area contributed by atoms with Crippen molar-refractivity contribution < 1.29 is 9.47 Å². The second kappa shape index (κ2) is 5.08. The van der Waals surface area contributed by atoms with Crippen molar-refractivity contribution >= 4 is 5.69 Å². The van der Waals surface area contributed by atoms with Crippen LogP contribution in [0.3, 0.4) is 0 Å². The van der Waals surface area contributed by atoms with Crippen molar-refractivity contribution in [1.82, 2.24) is 0 Å². The molecule has 0 heterocycles. The van der Waals surface area contributed by atoms with Gasteiger partial charge in [-0.2, -0.15) is 0 Å². The molecule has 0 amide bonds. The molecule has 1 aliphatic rings. The molecule has 1 aliphatic carbocycles. The Morgan fingerprint density at radius 1 is 0.950 bits per heavy atom. The molecule has 0 fully saturated rings. The van der Waals surface area contributed by atoms with Gasteiger partial charge in [-0.25, -0.2) is 0 Å². The van der Waals surface area contributed by atoms with Gasteiger partial charge in [-0.1, -0.05) is 12.1 Å². The second-order valence-corrected chi connectivity index (χ2v) is 5.11. The van der Waals surface area contributed by atoms with Crippen molar-refractivity contribution in [3.63, 3.8) is 0 Å². The Labute approximate surface area is 119 Å². The van der Waals surface area contributed by atoms with Gasteiger partial charge >= 0.3 is 0 Å². The van der Waals surface area contributed by atoms with E-state index in [0.717, 1.165) is 42.0 Å². The molecule has 0 saturated carbocycles. The average Bonchev–Trinajstić information content (AvgIpc) is 2.64. The number of nitrogens with two attached hydrogens (primary N) is 1. The zero-order chi connectivity index (χ0) is 14.1. The van der Waals surface area contributed by atoms with E-state index in [1.54, 1.807) is 14.2 Å². The van der Waals surface area contributed by atoms with Crippen LogP contribution in [0, 0.1) is 0 Å². The first-order valence-corrected chi connectivity index (χ1v) is 6.87. The van der Waals surface area contributed by atoms with Gasteiger partial charge < -0.3 is 15.2 Å². The van der Waals surface area contributed by atoms with E-state index >= 15 is 0 Å². The van der Waals surface area contributed by atoms with Gasteiger partial charge in [-0.05, 0) is 54.2 Å². The van der Waals surface area contributed by atoms with Gasteiger partial charge in [-0.15, -0.1) is 0 Å². The molecule has 2 aromatic rings. The molecule has 104 valence electrons. The van der Waals surface area contributed by atoms with Crippen molar-refractivity contribution in [1.29, 1.82) is 0 Å². The summed E-state index contributed by atoms with van der Waals surface area (Å²) in [6.45, 7) is 0. The minimum Gasteiger partial charge on any atom is -0.493 e. The molecule has 0 atom stereocenters. The van der Waals surface area contributed by atoms with Crippen LogP contribution < -0.4 is 15.2 Å². The maximum absolute atomic E-state index is 5.92. The Balaban J connectivity index is 2.31. The Bertz CT molecular complexity index is 650. The number of methoxy groups -OCH3 is 2. The average molecular weight is 269 g/mol. The predicted octanol–water partition coefficient (Wildman–Crippen LogP) is 3.44. The number of nitrogen functional groups attached to an aromatic ring is 1. The number of ether oxygens (including phenoxy) is 2. The molecule has 0 saturated heterocycles. The van der Waals surface area contributed by atoms with Crippen LogP contribution in [-0.4, -0.2) is 14.2 Å². The Kier molecular flexibility index (Phi) is 3.26. The molecule has 0 aliphatic heterocycles. The number of rotatable bonds is 2. The molecule has 3 heteroatoms. The SMILES string of the molecule is COc1ccc2c(c1OC)-c1ccc(N)cc1CCC2. The van der Waals surface area contributed by atoms with Gasteiger partial charge in [-0.3, -0.25) is 0 Å². The summed E-state index contributed by atoms with van der Waals surface area (Å²) < 4.78 is 11.1. The molecular weight excluding hydrogens is 250 g/mol. The third-order valence-corrected chi connectivity index (χ3v) is 3.92. The van der Waals surface area contributed by atoms with Crippen molar-refractivity contribution in [2.45, 2.75) is 19.3 Å². The lowest BCUT2D eigenvalue weighted by molar-refractivity contribution is 0.356. The third kappa shape index (κ3) is 1.99. The second-order valence-electron chi connectivity index (χ2n) is 5.11. The molecule has 0 aromatic heterocycles. The fourth-order valence-electron chi connectivity index (χ4n) is 3.01. The van der Waals surface area contributed by atoms with Gasteiger partial charge in [0.25, 0.3) is 0 Å². The van der Waals surface area contributed by atoms with E-state index in [1.165, 1.54) is 16.7 Å². The van der Waals surface area contributed by atoms with Crippen LogP contribution in [-0.2, 0) is 12.8 Å². The van der Waals surface area contributed by atoms with E-state index in [0.29, 0.717) is 0 Å². The summed E-state index contributed by atoms with van der Waals surface area (Å²) in [6, 6.07) is 10.2. The van der Waals surface area contributed by atoms with E-state index < -0.39 is 0 Å². The number of benzene rings is 2. The lowest BCUT2D eigenvalue weighted by atomic mass is 9.95. The zero-order valence-corrected chi connectivity index (χ0v) is 11.9. The monoisotopic (exact) mass is 269 g/mol. The molecule has 3 nitrogen and oxygen atoms in total. The fraction of sp³-hybridized carbons (Fsp3) is 0.294. The Morgan fingerprint density at radius 2 is 1.75 bits per heavy atom. The van der Waals surface area contributed by atoms with Crippen LogP contribution in [0.2, 0.25) is 0 Å². The summed E-state index contributed by atoms with van der Waals surface area (Å²) in [4.78, 5) is 0. The van der Waals surface area contributed by atoms with Crippen molar-refractivity contribution in [3.8, 4) is 22.6 Å². The molecule has 3 rings (SSSR count). The highest BCUT2D eigenvalue weighted by Crippen LogP contribution is 2.44. The molecule has 2 N–H and O–H groups in total. The largest absolute Gasteiger partial charge is 0.493 e. The quantitative estimate of drug-likeness (QED) is 0.849. The van der Waals surface area contributed by atoms with Gasteiger partial charge in [0.1, 0.15) is 0 Å². The highest BCUT2D eigenvalue weighted by molar-refractivity contribution is 5.81. The minimum atomic E-state index is 0.774. The topological polar surface area (TPSA) is 44.5 Å². The molecule has 0 unspecified atom stereocenters. The maximum Gasteiger partial charge on any atom is 0.168 e. The number of anilines is 1. The normalized spacial score (nSPS) is 13.1. The van der Waals surface area contributed by atoms with Gasteiger partial charge in [0, 0.05) is 11.3 Å². The Morgan fingerprint density at radius 3 is 2.50 bits per heavy atom. The number of hydrogen-bond donors (Lipinski definition) is 1. The molecular formula is C17H19NO2. The first kappa shape index (κ1) is 12.9. The van der Waals surface area contributed by atoms with E-state index in [4.69, 9.17) is 15.2 Å². The van der Waals surface area contributed by atoms with Crippen LogP contribution in [0.25, 0.3) is 11.1 Å². The van der Waals surface area contributed by atoms with Crippen LogP contribution >= 0.6 is 0 Å². The summed E-state index contributed by atoms with van der Waals surface area (Å²) in [7, 11) is 3.37. The summed E-state index contributed by atoms with van der Waals surface area (Å²) in [5.41, 5.74) is 11.7. The number of aryl methyl sites for hydroxylation is 2. The molecule has 20 heavy (non-hydrogen) atoms. The standard InChI is InChI=1S/C17H19NO2/c1-19-15-9-6-11-4-3-5-12-10-13(18)7-8-14(12)16(11)17(15)20-2/h6-10H,3-5,18H2,1-2H3. The van der Waals surface area contributed by atoms with Crippen molar-refractivity contribution in [2.24, 2.45) is 0 Å². The lowest BCUT2D eigenvalue weighted by Crippen LogP contribution is -1.98. The Hall–Kier alpha value is -2.16. The maximum atomic E-state index is 5.92. The number of hydrogen-bond acceptors (Lipinski definition) is 3. The van der Waals surface area contributed by atoms with Crippen LogP contribution in [0.1, 0.15) is 17.5 Å². The highest BCUT2D eigenvalue weighted by Gasteiger charge is 2.21. The van der Waals surface area contributed by atoms with Crippen molar-refractivity contribution in [3.05, 3.63) is 41.5 Å². The third-order valence-electron chi connectivity index (χ3n) is 3.92. The summed E-state index contributed by atoms with van der Waals surface area (Å²) in [5.74, 6) is 1.59. The zero-order valence-electron chi connectivity index (χ0n) is 11.9. The van der Waals surface area contributed by atoms with E-state index in [2.05, 4.69) is 18.2 Å². The van der Waals surface area contributed by atoms with E-state index in [-0.39, 0.29) is 0 Å². The molecule has 0 bridgehead atoms. The lowest BCUT2D eigenvalue weighted by Gasteiger charge is -2.17. The van der Waals surface area contributed by atoms with Gasteiger partial charge in [0.15, 0.2) is 11.5 Å². The van der Waals surface area contributed by atoms with Crippen molar-refractivity contribution in [2.75, 3.05) is 20.0 Å². The summed E-state index contributed by atoms with van der Waals surface area (Å²) >= 11 is 0. The van der Waals surface area contributed by atoms with Crippen LogP contribution in [0.5, 0.6) is 11.5 Å². The smallest absolute Gasteiger partial charge is 0.168 e. The predicted molar refractivity (Wildman–Crippen MR) is 81.4 cm³/mol. The van der Waals surface area contributed by atoms with Crippen LogP contribution in [0.4, 0.5) is 5.69 Å². The van der Waals surface area contributed by atoms with E-state index in [9.17, 15) is 0 Å². The minimum absolute atomic E-state index is 0.774. The molecule has 2 aromatic carbocycles. The van der Waals surface area contributed by atoms with E-state index in [1.807, 2.05) is 12.1 Å². The molecule has 0 spiro atoms. The summed E-state index contributed by atoms with van der Waals surface area (Å²) in [5, 5.41) is 0. The summed E-state index contributed by atoms with van der Waals surface area (Å²) in [6.07, 6.45) is 3.21. The van der Waals surface area contributed by atoms with Gasteiger partial charge in [0.2, 0.25) is 0 Å². The van der Waals surface area contributed by atoms with Gasteiger partial charge in [0.05, 0.1) is 14.2 Å².